The third-order valence-corrected chi connectivity index (χ3v) is 3.61. The van der Waals surface area contributed by atoms with Gasteiger partial charge in [0, 0.05) is 26.3 Å². The molecule has 1 amide bonds. The van der Waals surface area contributed by atoms with Crippen LogP contribution in [0.4, 0.5) is 0 Å². The molecule has 0 spiro atoms. The van der Waals surface area contributed by atoms with Crippen molar-refractivity contribution >= 4 is 23.2 Å². The van der Waals surface area contributed by atoms with Gasteiger partial charge in [0.15, 0.2) is 0 Å². The number of amides is 1. The molecule has 0 bridgehead atoms. The third-order valence-electron chi connectivity index (χ3n) is 2.75. The second kappa shape index (κ2) is 9.50. The molecule has 0 aliphatic carbocycles. The van der Waals surface area contributed by atoms with Crippen LogP contribution >= 0.6 is 11.3 Å². The van der Waals surface area contributed by atoms with Crippen molar-refractivity contribution in [1.82, 2.24) is 4.90 Å². The Balaban J connectivity index is 2.53. The maximum atomic E-state index is 12.3. The zero-order valence-corrected chi connectivity index (χ0v) is 12.8. The van der Waals surface area contributed by atoms with Crippen LogP contribution in [-0.2, 0) is 14.3 Å². The van der Waals surface area contributed by atoms with Gasteiger partial charge in [0.05, 0.1) is 18.4 Å². The second-order valence-corrected chi connectivity index (χ2v) is 5.09. The van der Waals surface area contributed by atoms with Gasteiger partial charge in [-0.1, -0.05) is 6.07 Å². The number of carbonyl (C=O) groups excluding carboxylic acids is 2. The molecule has 0 saturated carbocycles. The molecule has 0 N–H and O–H groups in total. The smallest absolute Gasteiger partial charge is 0.307 e. The van der Waals surface area contributed by atoms with Gasteiger partial charge >= 0.3 is 5.97 Å². The van der Waals surface area contributed by atoms with Crippen molar-refractivity contribution in [3.05, 3.63) is 22.4 Å². The first kappa shape index (κ1) is 16.7. The van der Waals surface area contributed by atoms with Crippen LogP contribution in [0.3, 0.4) is 0 Å². The standard InChI is InChI=1S/C14H21NO4S/c1-3-19-10-5-8-15(9-7-13(16)18-2)14(17)12-6-4-11-20-12/h4,6,11H,3,5,7-10H2,1-2H3. The molecule has 0 atom stereocenters. The summed E-state index contributed by atoms with van der Waals surface area (Å²) >= 11 is 1.40. The highest BCUT2D eigenvalue weighted by Gasteiger charge is 2.17. The topological polar surface area (TPSA) is 55.8 Å². The van der Waals surface area contributed by atoms with Crippen LogP contribution in [0.15, 0.2) is 17.5 Å². The molecule has 1 rings (SSSR count). The molecule has 6 heteroatoms. The summed E-state index contributed by atoms with van der Waals surface area (Å²) in [6, 6.07) is 3.64. The first-order valence-corrected chi connectivity index (χ1v) is 7.54. The fourth-order valence-corrected chi connectivity index (χ4v) is 2.39. The number of rotatable bonds is 9. The molecule has 1 aromatic rings. The lowest BCUT2D eigenvalue weighted by Gasteiger charge is -2.21. The Labute approximate surface area is 123 Å². The van der Waals surface area contributed by atoms with E-state index in [9.17, 15) is 9.59 Å². The normalized spacial score (nSPS) is 10.3. The van der Waals surface area contributed by atoms with Crippen molar-refractivity contribution in [2.45, 2.75) is 19.8 Å². The van der Waals surface area contributed by atoms with Gasteiger partial charge in [-0.15, -0.1) is 11.3 Å². The summed E-state index contributed by atoms with van der Waals surface area (Å²) in [6.45, 7) is 4.17. The van der Waals surface area contributed by atoms with Crippen molar-refractivity contribution in [1.29, 1.82) is 0 Å². The Hall–Kier alpha value is -1.40. The fraction of sp³-hybridized carbons (Fsp3) is 0.571. The van der Waals surface area contributed by atoms with Gasteiger partial charge in [-0.05, 0) is 24.8 Å². The lowest BCUT2D eigenvalue weighted by atomic mass is 10.3. The lowest BCUT2D eigenvalue weighted by Crippen LogP contribution is -2.34. The van der Waals surface area contributed by atoms with Gasteiger partial charge in [-0.2, -0.15) is 0 Å². The molecular weight excluding hydrogens is 278 g/mol. The number of hydrogen-bond donors (Lipinski definition) is 0. The number of ether oxygens (including phenoxy) is 2. The highest BCUT2D eigenvalue weighted by atomic mass is 32.1. The van der Waals surface area contributed by atoms with Crippen molar-refractivity contribution in [2.75, 3.05) is 33.4 Å². The van der Waals surface area contributed by atoms with E-state index in [1.807, 2.05) is 18.4 Å². The van der Waals surface area contributed by atoms with E-state index in [2.05, 4.69) is 4.74 Å². The molecule has 20 heavy (non-hydrogen) atoms. The molecule has 0 radical (unpaired) electrons. The Morgan fingerprint density at radius 3 is 2.75 bits per heavy atom. The van der Waals surface area contributed by atoms with Crippen molar-refractivity contribution in [2.24, 2.45) is 0 Å². The minimum Gasteiger partial charge on any atom is -0.469 e. The molecule has 112 valence electrons. The van der Waals surface area contributed by atoms with E-state index < -0.39 is 0 Å². The largest absolute Gasteiger partial charge is 0.469 e. The van der Waals surface area contributed by atoms with Crippen LogP contribution in [-0.4, -0.2) is 50.2 Å². The van der Waals surface area contributed by atoms with E-state index in [0.717, 1.165) is 6.42 Å². The number of esters is 1. The molecule has 1 heterocycles. The quantitative estimate of drug-likeness (QED) is 0.518. The number of carbonyl (C=O) groups is 2. The summed E-state index contributed by atoms with van der Waals surface area (Å²) in [5, 5.41) is 1.87. The molecule has 0 aliphatic rings. The van der Waals surface area contributed by atoms with Gasteiger partial charge in [0.25, 0.3) is 5.91 Å². The van der Waals surface area contributed by atoms with E-state index in [0.29, 0.717) is 31.2 Å². The zero-order valence-electron chi connectivity index (χ0n) is 12.0. The molecule has 0 aliphatic heterocycles. The number of methoxy groups -OCH3 is 1. The molecule has 0 aromatic carbocycles. The SMILES string of the molecule is CCOCCCN(CCC(=O)OC)C(=O)c1cccs1. The number of thiophene rings is 1. The predicted octanol–water partition coefficient (Wildman–Crippen LogP) is 2.18. The number of hydrogen-bond acceptors (Lipinski definition) is 5. The first-order valence-electron chi connectivity index (χ1n) is 6.66. The Morgan fingerprint density at radius 1 is 1.35 bits per heavy atom. The van der Waals surface area contributed by atoms with Crippen LogP contribution in [0.5, 0.6) is 0 Å². The molecule has 5 nitrogen and oxygen atoms in total. The summed E-state index contributed by atoms with van der Waals surface area (Å²) in [7, 11) is 1.35. The van der Waals surface area contributed by atoms with Crippen LogP contribution in [0.2, 0.25) is 0 Å². The Bertz CT molecular complexity index is 405. The van der Waals surface area contributed by atoms with Gasteiger partial charge in [-0.25, -0.2) is 0 Å². The average Bonchev–Trinajstić information content (AvgIpc) is 2.99. The maximum absolute atomic E-state index is 12.3. The van der Waals surface area contributed by atoms with Crippen LogP contribution in [0.25, 0.3) is 0 Å². The zero-order chi connectivity index (χ0) is 14.8. The third kappa shape index (κ3) is 5.71. The van der Waals surface area contributed by atoms with E-state index in [1.165, 1.54) is 18.4 Å². The predicted molar refractivity (Wildman–Crippen MR) is 78.0 cm³/mol. The first-order chi connectivity index (χ1) is 9.69. The van der Waals surface area contributed by atoms with E-state index in [1.54, 1.807) is 11.0 Å². The lowest BCUT2D eigenvalue weighted by molar-refractivity contribution is -0.140. The summed E-state index contributed by atoms with van der Waals surface area (Å²) in [4.78, 5) is 25.9. The average molecular weight is 299 g/mol. The second-order valence-electron chi connectivity index (χ2n) is 4.15. The molecule has 0 saturated heterocycles. The van der Waals surface area contributed by atoms with E-state index in [4.69, 9.17) is 4.74 Å². The number of nitrogens with zero attached hydrogens (tertiary/aromatic N) is 1. The van der Waals surface area contributed by atoms with Gasteiger partial charge in [0.1, 0.15) is 0 Å². The highest BCUT2D eigenvalue weighted by Crippen LogP contribution is 2.13. The van der Waals surface area contributed by atoms with Gasteiger partial charge < -0.3 is 14.4 Å². The minimum atomic E-state index is -0.307. The van der Waals surface area contributed by atoms with Gasteiger partial charge in [-0.3, -0.25) is 9.59 Å². The molecular formula is C14H21NO4S. The fourth-order valence-electron chi connectivity index (χ4n) is 1.70. The van der Waals surface area contributed by atoms with Gasteiger partial charge in [0.2, 0.25) is 0 Å². The molecule has 1 aromatic heterocycles. The van der Waals surface area contributed by atoms with E-state index in [-0.39, 0.29) is 18.3 Å². The summed E-state index contributed by atoms with van der Waals surface area (Å²) in [5.41, 5.74) is 0. The minimum absolute atomic E-state index is 0.0413. The Kier molecular flexibility index (Phi) is 7.91. The maximum Gasteiger partial charge on any atom is 0.307 e. The van der Waals surface area contributed by atoms with Crippen molar-refractivity contribution in [3.8, 4) is 0 Å². The Morgan fingerprint density at radius 2 is 2.15 bits per heavy atom. The van der Waals surface area contributed by atoms with Crippen LogP contribution in [0, 0.1) is 0 Å². The van der Waals surface area contributed by atoms with Crippen molar-refractivity contribution < 1.29 is 19.1 Å². The van der Waals surface area contributed by atoms with E-state index >= 15 is 0 Å². The van der Waals surface area contributed by atoms with Crippen molar-refractivity contribution in [3.63, 3.8) is 0 Å². The summed E-state index contributed by atoms with van der Waals surface area (Å²) in [6.07, 6.45) is 0.967. The summed E-state index contributed by atoms with van der Waals surface area (Å²) < 4.78 is 9.89. The highest BCUT2D eigenvalue weighted by molar-refractivity contribution is 7.12. The monoisotopic (exact) mass is 299 g/mol. The molecule has 0 fully saturated rings. The molecule has 0 unspecified atom stereocenters. The summed E-state index contributed by atoms with van der Waals surface area (Å²) in [5.74, 6) is -0.348. The van der Waals surface area contributed by atoms with Crippen LogP contribution < -0.4 is 0 Å². The van der Waals surface area contributed by atoms with Crippen LogP contribution in [0.1, 0.15) is 29.4 Å².